The van der Waals surface area contributed by atoms with Gasteiger partial charge in [-0.1, -0.05) is 0 Å². The molecule has 0 unspecified atom stereocenters. The van der Waals surface area contributed by atoms with Crippen LogP contribution >= 0.6 is 12.4 Å². The van der Waals surface area contributed by atoms with E-state index in [9.17, 15) is 9.59 Å². The van der Waals surface area contributed by atoms with E-state index in [-0.39, 0.29) is 30.1 Å². The molecule has 0 aliphatic carbocycles. The normalized spacial score (nSPS) is 18.9. The fourth-order valence-electron chi connectivity index (χ4n) is 2.85. The van der Waals surface area contributed by atoms with Gasteiger partial charge in [-0.2, -0.15) is 0 Å². The second-order valence-corrected chi connectivity index (χ2v) is 5.56. The summed E-state index contributed by atoms with van der Waals surface area (Å²) in [7, 11) is 0. The summed E-state index contributed by atoms with van der Waals surface area (Å²) in [6.45, 7) is 2.53. The lowest BCUT2D eigenvalue weighted by molar-refractivity contribution is -0.120. The van der Waals surface area contributed by atoms with Gasteiger partial charge in [0.1, 0.15) is 5.82 Å². The second kappa shape index (κ2) is 7.56. The Bertz CT molecular complexity index is 529. The zero-order chi connectivity index (χ0) is 14.7. The van der Waals surface area contributed by atoms with E-state index >= 15 is 0 Å². The van der Waals surface area contributed by atoms with Gasteiger partial charge >= 0.3 is 0 Å². The van der Waals surface area contributed by atoms with Gasteiger partial charge in [0.15, 0.2) is 0 Å². The lowest BCUT2D eigenvalue weighted by Gasteiger charge is -2.21. The van der Waals surface area contributed by atoms with E-state index in [4.69, 9.17) is 0 Å². The number of anilines is 2. The molecule has 3 rings (SSSR count). The highest BCUT2D eigenvalue weighted by molar-refractivity contribution is 5.95. The highest BCUT2D eigenvalue weighted by atomic mass is 35.5. The van der Waals surface area contributed by atoms with Gasteiger partial charge in [-0.3, -0.25) is 9.59 Å². The minimum absolute atomic E-state index is 0. The number of carbonyl (C=O) groups is 2. The summed E-state index contributed by atoms with van der Waals surface area (Å²) < 4.78 is 0. The molecule has 0 bridgehead atoms. The van der Waals surface area contributed by atoms with Gasteiger partial charge in [0.25, 0.3) is 0 Å². The van der Waals surface area contributed by atoms with E-state index in [1.807, 2.05) is 6.07 Å². The van der Waals surface area contributed by atoms with E-state index in [0.717, 1.165) is 44.6 Å². The summed E-state index contributed by atoms with van der Waals surface area (Å²) in [6, 6.07) is 3.61. The van der Waals surface area contributed by atoms with Crippen LogP contribution in [0.5, 0.6) is 0 Å². The predicted molar refractivity (Wildman–Crippen MR) is 87.3 cm³/mol. The number of carbonyl (C=O) groups excluding carboxylic acids is 2. The van der Waals surface area contributed by atoms with Gasteiger partial charge in [0.05, 0.1) is 11.9 Å². The molecule has 2 saturated heterocycles. The first kappa shape index (κ1) is 16.7. The summed E-state index contributed by atoms with van der Waals surface area (Å²) in [5.74, 6) is 0.791. The van der Waals surface area contributed by atoms with Crippen LogP contribution in [0, 0.1) is 5.92 Å². The largest absolute Gasteiger partial charge is 0.317 e. The Morgan fingerprint density at radius 1 is 1.32 bits per heavy atom. The zero-order valence-electron chi connectivity index (χ0n) is 12.4. The van der Waals surface area contributed by atoms with Gasteiger partial charge < -0.3 is 15.5 Å². The monoisotopic (exact) mass is 324 g/mol. The second-order valence-electron chi connectivity index (χ2n) is 5.56. The number of rotatable bonds is 3. The molecule has 1 aromatic rings. The molecule has 0 saturated carbocycles. The molecule has 0 atom stereocenters. The molecular formula is C15H21ClN4O2. The molecule has 2 aliphatic heterocycles. The number of pyridine rings is 1. The highest BCUT2D eigenvalue weighted by Gasteiger charge is 2.23. The van der Waals surface area contributed by atoms with Crippen molar-refractivity contribution >= 4 is 35.7 Å². The number of aromatic nitrogens is 1. The third kappa shape index (κ3) is 3.75. The maximum absolute atomic E-state index is 12.1. The molecule has 22 heavy (non-hydrogen) atoms. The van der Waals surface area contributed by atoms with E-state index < -0.39 is 0 Å². The van der Waals surface area contributed by atoms with Crippen LogP contribution in [0.4, 0.5) is 11.5 Å². The van der Waals surface area contributed by atoms with Crippen molar-refractivity contribution in [3.63, 3.8) is 0 Å². The molecule has 120 valence electrons. The van der Waals surface area contributed by atoms with Gasteiger partial charge in [-0.15, -0.1) is 12.4 Å². The topological polar surface area (TPSA) is 74.3 Å². The predicted octanol–water partition coefficient (Wildman–Crippen LogP) is 1.57. The minimum atomic E-state index is 0. The molecule has 0 aromatic carbocycles. The van der Waals surface area contributed by atoms with Crippen molar-refractivity contribution in [1.29, 1.82) is 0 Å². The molecule has 2 fully saturated rings. The molecule has 0 radical (unpaired) electrons. The number of nitrogens with zero attached hydrogens (tertiary/aromatic N) is 2. The van der Waals surface area contributed by atoms with Crippen LogP contribution in [0.25, 0.3) is 0 Å². The SMILES string of the molecule is Cl.O=C(Nc1ccc(N2CCCC2=O)cn1)C1CCNCC1. The molecule has 2 aliphatic rings. The number of halogens is 1. The van der Waals surface area contributed by atoms with Crippen molar-refractivity contribution in [3.05, 3.63) is 18.3 Å². The summed E-state index contributed by atoms with van der Waals surface area (Å²) in [5, 5.41) is 6.10. The summed E-state index contributed by atoms with van der Waals surface area (Å²) in [5.41, 5.74) is 0.803. The molecule has 7 heteroatoms. The molecule has 3 heterocycles. The first-order valence-electron chi connectivity index (χ1n) is 7.52. The number of piperidine rings is 1. The van der Waals surface area contributed by atoms with E-state index in [1.54, 1.807) is 17.2 Å². The molecule has 2 amide bonds. The van der Waals surface area contributed by atoms with Crippen molar-refractivity contribution < 1.29 is 9.59 Å². The Hall–Kier alpha value is -1.66. The van der Waals surface area contributed by atoms with Crippen molar-refractivity contribution in [2.75, 3.05) is 29.9 Å². The van der Waals surface area contributed by atoms with Gasteiger partial charge in [0.2, 0.25) is 11.8 Å². The Balaban J connectivity index is 0.00000176. The van der Waals surface area contributed by atoms with Crippen LogP contribution < -0.4 is 15.5 Å². The number of hydrogen-bond acceptors (Lipinski definition) is 4. The van der Waals surface area contributed by atoms with Crippen LogP contribution in [-0.4, -0.2) is 36.4 Å². The molecule has 6 nitrogen and oxygen atoms in total. The molecule has 1 aromatic heterocycles. The number of amides is 2. The van der Waals surface area contributed by atoms with Crippen LogP contribution in [0.3, 0.4) is 0 Å². The third-order valence-corrected chi connectivity index (χ3v) is 4.09. The van der Waals surface area contributed by atoms with Gasteiger partial charge in [-0.05, 0) is 44.5 Å². The summed E-state index contributed by atoms with van der Waals surface area (Å²) >= 11 is 0. The van der Waals surface area contributed by atoms with E-state index in [0.29, 0.717) is 12.2 Å². The lowest BCUT2D eigenvalue weighted by Crippen LogP contribution is -2.34. The fraction of sp³-hybridized carbons (Fsp3) is 0.533. The maximum atomic E-state index is 12.1. The average molecular weight is 325 g/mol. The van der Waals surface area contributed by atoms with Crippen LogP contribution in [0.1, 0.15) is 25.7 Å². The van der Waals surface area contributed by atoms with Crippen molar-refractivity contribution in [1.82, 2.24) is 10.3 Å². The smallest absolute Gasteiger partial charge is 0.228 e. The summed E-state index contributed by atoms with van der Waals surface area (Å²) in [6.07, 6.45) is 4.89. The number of hydrogen-bond donors (Lipinski definition) is 2. The zero-order valence-corrected chi connectivity index (χ0v) is 13.2. The van der Waals surface area contributed by atoms with Crippen LogP contribution in [-0.2, 0) is 9.59 Å². The van der Waals surface area contributed by atoms with E-state index in [1.165, 1.54) is 0 Å². The molecule has 0 spiro atoms. The first-order chi connectivity index (χ1) is 10.2. The van der Waals surface area contributed by atoms with Crippen molar-refractivity contribution in [2.24, 2.45) is 5.92 Å². The van der Waals surface area contributed by atoms with Gasteiger partial charge in [0, 0.05) is 18.9 Å². The highest BCUT2D eigenvalue weighted by Crippen LogP contribution is 2.22. The fourth-order valence-corrected chi connectivity index (χ4v) is 2.85. The first-order valence-corrected chi connectivity index (χ1v) is 7.52. The van der Waals surface area contributed by atoms with Gasteiger partial charge in [-0.25, -0.2) is 4.98 Å². The van der Waals surface area contributed by atoms with Crippen molar-refractivity contribution in [3.8, 4) is 0 Å². The Kier molecular flexibility index (Phi) is 5.74. The lowest BCUT2D eigenvalue weighted by atomic mass is 9.97. The minimum Gasteiger partial charge on any atom is -0.317 e. The van der Waals surface area contributed by atoms with E-state index in [2.05, 4.69) is 15.6 Å². The molecule has 2 N–H and O–H groups in total. The van der Waals surface area contributed by atoms with Crippen LogP contribution in [0.15, 0.2) is 18.3 Å². The maximum Gasteiger partial charge on any atom is 0.228 e. The standard InChI is InChI=1S/C15H20N4O2.ClH/c20-14-2-1-9-19(14)12-3-4-13(17-10-12)18-15(21)11-5-7-16-8-6-11;/h3-4,10-11,16H,1-2,5-9H2,(H,17,18,21);1H. The quantitative estimate of drug-likeness (QED) is 0.885. The van der Waals surface area contributed by atoms with Crippen molar-refractivity contribution in [2.45, 2.75) is 25.7 Å². The Morgan fingerprint density at radius 2 is 2.09 bits per heavy atom. The summed E-state index contributed by atoms with van der Waals surface area (Å²) in [4.78, 5) is 29.8. The molecular weight excluding hydrogens is 304 g/mol. The third-order valence-electron chi connectivity index (χ3n) is 4.09. The Morgan fingerprint density at radius 3 is 2.68 bits per heavy atom. The Labute approximate surface area is 136 Å². The van der Waals surface area contributed by atoms with Crippen LogP contribution in [0.2, 0.25) is 0 Å². The number of nitrogens with one attached hydrogen (secondary N) is 2. The average Bonchev–Trinajstić information content (AvgIpc) is 2.95.